The van der Waals surface area contributed by atoms with Crippen LogP contribution in [0.1, 0.15) is 39.3 Å². The highest BCUT2D eigenvalue weighted by Crippen LogP contribution is 2.20. The van der Waals surface area contributed by atoms with Crippen LogP contribution in [0.2, 0.25) is 0 Å². The summed E-state index contributed by atoms with van der Waals surface area (Å²) in [6, 6.07) is 3.37. The zero-order chi connectivity index (χ0) is 15.5. The molecule has 1 N–H and O–H groups in total. The van der Waals surface area contributed by atoms with E-state index in [1.54, 1.807) is 14.0 Å². The summed E-state index contributed by atoms with van der Waals surface area (Å²) in [4.78, 5) is 13.6. The first-order valence-corrected chi connectivity index (χ1v) is 6.57. The van der Waals surface area contributed by atoms with Gasteiger partial charge in [-0.25, -0.2) is 8.78 Å². The Kier molecular flexibility index (Phi) is 5.22. The number of carbonyl (C=O) groups excluding carboxylic acids is 1. The Morgan fingerprint density at radius 2 is 1.90 bits per heavy atom. The van der Waals surface area contributed by atoms with Gasteiger partial charge in [0.1, 0.15) is 0 Å². The molecule has 0 aromatic heterocycles. The second kappa shape index (κ2) is 6.31. The SMILES string of the molecule is CC(c1ccc(F)c(F)c1)N(C)C(=O)CNC(C)(C)C. The van der Waals surface area contributed by atoms with Crippen molar-refractivity contribution in [1.29, 1.82) is 0 Å². The van der Waals surface area contributed by atoms with Crippen molar-refractivity contribution in [3.63, 3.8) is 0 Å². The summed E-state index contributed by atoms with van der Waals surface area (Å²) in [6.45, 7) is 7.90. The molecule has 0 bridgehead atoms. The summed E-state index contributed by atoms with van der Waals surface area (Å²) in [7, 11) is 1.65. The Labute approximate surface area is 119 Å². The maximum Gasteiger partial charge on any atom is 0.236 e. The van der Waals surface area contributed by atoms with Gasteiger partial charge in [0, 0.05) is 12.6 Å². The summed E-state index contributed by atoms with van der Waals surface area (Å²) in [5.74, 6) is -1.88. The summed E-state index contributed by atoms with van der Waals surface area (Å²) in [6.07, 6.45) is 0. The molecule has 0 saturated heterocycles. The topological polar surface area (TPSA) is 32.3 Å². The molecule has 3 nitrogen and oxygen atoms in total. The normalized spacial score (nSPS) is 13.2. The fourth-order valence-electron chi connectivity index (χ4n) is 1.68. The van der Waals surface area contributed by atoms with E-state index in [-0.39, 0.29) is 24.0 Å². The molecule has 1 rings (SSSR count). The third kappa shape index (κ3) is 4.56. The number of halogens is 2. The van der Waals surface area contributed by atoms with Crippen molar-refractivity contribution in [1.82, 2.24) is 10.2 Å². The van der Waals surface area contributed by atoms with Crippen LogP contribution in [0.3, 0.4) is 0 Å². The second-order valence-electron chi connectivity index (χ2n) is 5.96. The molecule has 0 spiro atoms. The molecule has 1 amide bonds. The smallest absolute Gasteiger partial charge is 0.236 e. The quantitative estimate of drug-likeness (QED) is 0.922. The van der Waals surface area contributed by atoms with E-state index in [1.165, 1.54) is 11.0 Å². The van der Waals surface area contributed by atoms with Crippen molar-refractivity contribution in [2.24, 2.45) is 0 Å². The van der Waals surface area contributed by atoms with Crippen LogP contribution in [0.25, 0.3) is 0 Å². The minimum Gasteiger partial charge on any atom is -0.338 e. The first kappa shape index (κ1) is 16.6. The highest BCUT2D eigenvalue weighted by molar-refractivity contribution is 5.78. The fraction of sp³-hybridized carbons (Fsp3) is 0.533. The Bertz CT molecular complexity index is 483. The van der Waals surface area contributed by atoms with Gasteiger partial charge in [-0.1, -0.05) is 6.07 Å². The summed E-state index contributed by atoms with van der Waals surface area (Å²) < 4.78 is 26.1. The zero-order valence-corrected chi connectivity index (χ0v) is 12.6. The number of nitrogens with one attached hydrogen (secondary N) is 1. The van der Waals surface area contributed by atoms with Gasteiger partial charge in [0.15, 0.2) is 11.6 Å². The third-order valence-electron chi connectivity index (χ3n) is 3.17. The van der Waals surface area contributed by atoms with Gasteiger partial charge in [-0.05, 0) is 45.4 Å². The molecule has 0 radical (unpaired) electrons. The van der Waals surface area contributed by atoms with Gasteiger partial charge >= 0.3 is 0 Å². The van der Waals surface area contributed by atoms with E-state index in [1.807, 2.05) is 20.8 Å². The average molecular weight is 284 g/mol. The molecule has 0 aliphatic rings. The van der Waals surface area contributed by atoms with Crippen molar-refractivity contribution in [2.45, 2.75) is 39.3 Å². The predicted molar refractivity (Wildman–Crippen MR) is 75.3 cm³/mol. The van der Waals surface area contributed by atoms with Crippen LogP contribution in [-0.2, 0) is 4.79 Å². The lowest BCUT2D eigenvalue weighted by atomic mass is 10.1. The lowest BCUT2D eigenvalue weighted by molar-refractivity contribution is -0.131. The molecule has 0 saturated carbocycles. The van der Waals surface area contributed by atoms with Crippen molar-refractivity contribution in [3.05, 3.63) is 35.4 Å². The molecule has 20 heavy (non-hydrogen) atoms. The van der Waals surface area contributed by atoms with E-state index in [9.17, 15) is 13.6 Å². The van der Waals surface area contributed by atoms with E-state index >= 15 is 0 Å². The van der Waals surface area contributed by atoms with Crippen LogP contribution in [0.5, 0.6) is 0 Å². The van der Waals surface area contributed by atoms with Crippen molar-refractivity contribution < 1.29 is 13.6 Å². The average Bonchev–Trinajstić information content (AvgIpc) is 2.36. The first-order chi connectivity index (χ1) is 9.11. The molecular weight excluding hydrogens is 262 g/mol. The van der Waals surface area contributed by atoms with Gasteiger partial charge in [-0.15, -0.1) is 0 Å². The van der Waals surface area contributed by atoms with Gasteiger partial charge in [0.05, 0.1) is 12.6 Å². The molecule has 0 heterocycles. The number of hydrogen-bond donors (Lipinski definition) is 1. The summed E-state index contributed by atoms with van der Waals surface area (Å²) in [5, 5.41) is 3.10. The van der Waals surface area contributed by atoms with Gasteiger partial charge < -0.3 is 10.2 Å². The highest BCUT2D eigenvalue weighted by Gasteiger charge is 2.20. The van der Waals surface area contributed by atoms with Gasteiger partial charge in [-0.3, -0.25) is 4.79 Å². The third-order valence-corrected chi connectivity index (χ3v) is 3.17. The molecule has 1 atom stereocenters. The Balaban J connectivity index is 2.72. The van der Waals surface area contributed by atoms with Gasteiger partial charge in [-0.2, -0.15) is 0 Å². The van der Waals surface area contributed by atoms with E-state index in [0.29, 0.717) is 5.56 Å². The largest absolute Gasteiger partial charge is 0.338 e. The van der Waals surface area contributed by atoms with Crippen LogP contribution in [0.15, 0.2) is 18.2 Å². The van der Waals surface area contributed by atoms with E-state index in [4.69, 9.17) is 0 Å². The molecule has 112 valence electrons. The minimum absolute atomic E-state index is 0.0999. The molecule has 1 aromatic carbocycles. The van der Waals surface area contributed by atoms with Crippen LogP contribution in [-0.4, -0.2) is 29.9 Å². The molecule has 1 unspecified atom stereocenters. The highest BCUT2D eigenvalue weighted by atomic mass is 19.2. The Morgan fingerprint density at radius 1 is 1.30 bits per heavy atom. The molecule has 1 aromatic rings. The number of rotatable bonds is 4. The van der Waals surface area contributed by atoms with Crippen molar-refractivity contribution in [3.8, 4) is 0 Å². The molecule has 0 aliphatic carbocycles. The first-order valence-electron chi connectivity index (χ1n) is 6.57. The number of amides is 1. The van der Waals surface area contributed by atoms with Crippen molar-refractivity contribution >= 4 is 5.91 Å². The standard InChI is InChI=1S/C15H22F2N2O/c1-10(11-6-7-12(16)13(17)8-11)19(5)14(20)9-18-15(2,3)4/h6-8,10,18H,9H2,1-5H3. The second-order valence-corrected chi connectivity index (χ2v) is 5.96. The lowest BCUT2D eigenvalue weighted by Gasteiger charge is -2.28. The van der Waals surface area contributed by atoms with E-state index in [0.717, 1.165) is 12.1 Å². The Morgan fingerprint density at radius 3 is 2.40 bits per heavy atom. The maximum atomic E-state index is 13.2. The lowest BCUT2D eigenvalue weighted by Crippen LogP contribution is -2.44. The summed E-state index contributed by atoms with van der Waals surface area (Å²) in [5.41, 5.74) is 0.414. The van der Waals surface area contributed by atoms with Crippen molar-refractivity contribution in [2.75, 3.05) is 13.6 Å². The minimum atomic E-state index is -0.900. The maximum absolute atomic E-state index is 13.2. The van der Waals surface area contributed by atoms with Crippen LogP contribution in [0, 0.1) is 11.6 Å². The zero-order valence-electron chi connectivity index (χ0n) is 12.6. The number of hydrogen-bond acceptors (Lipinski definition) is 2. The van der Waals surface area contributed by atoms with E-state index in [2.05, 4.69) is 5.32 Å². The fourth-order valence-corrected chi connectivity index (χ4v) is 1.68. The van der Waals surface area contributed by atoms with Crippen LogP contribution >= 0.6 is 0 Å². The van der Waals surface area contributed by atoms with Crippen LogP contribution in [0.4, 0.5) is 8.78 Å². The monoisotopic (exact) mass is 284 g/mol. The number of benzene rings is 1. The van der Waals surface area contributed by atoms with E-state index < -0.39 is 11.6 Å². The molecule has 0 fully saturated rings. The van der Waals surface area contributed by atoms with Gasteiger partial charge in [0.2, 0.25) is 5.91 Å². The number of nitrogens with zero attached hydrogens (tertiary/aromatic N) is 1. The molecular formula is C15H22F2N2O. The Hall–Kier alpha value is -1.49. The number of carbonyl (C=O) groups is 1. The molecule has 0 aliphatic heterocycles. The van der Waals surface area contributed by atoms with Crippen LogP contribution < -0.4 is 5.32 Å². The predicted octanol–water partition coefficient (Wildman–Crippen LogP) is 2.87. The number of likely N-dealkylation sites (N-methyl/N-ethyl adjacent to an activating group) is 1. The molecule has 5 heteroatoms. The van der Waals surface area contributed by atoms with Gasteiger partial charge in [0.25, 0.3) is 0 Å². The summed E-state index contributed by atoms with van der Waals surface area (Å²) >= 11 is 0.